The van der Waals surface area contributed by atoms with Crippen LogP contribution in [0.5, 0.6) is 11.5 Å². The number of amides is 1. The molecule has 2 saturated heterocycles. The third-order valence-corrected chi connectivity index (χ3v) is 9.05. The number of piperidine rings is 1. The smallest absolute Gasteiger partial charge is 0.260 e. The Bertz CT molecular complexity index is 1450. The quantitative estimate of drug-likeness (QED) is 0.355. The summed E-state index contributed by atoms with van der Waals surface area (Å²) in [6.07, 6.45) is 1.59. The number of hydrogen-bond donors (Lipinski definition) is 0. The zero-order chi connectivity index (χ0) is 29.8. The van der Waals surface area contributed by atoms with Crippen molar-refractivity contribution in [3.8, 4) is 11.5 Å². The molecule has 3 aliphatic heterocycles. The predicted octanol–water partition coefficient (Wildman–Crippen LogP) is 4.82. The number of hydrogen-bond acceptors (Lipinski definition) is 7. The van der Waals surface area contributed by atoms with Gasteiger partial charge < -0.3 is 24.1 Å². The van der Waals surface area contributed by atoms with E-state index in [4.69, 9.17) is 19.5 Å². The highest BCUT2D eigenvalue weighted by molar-refractivity contribution is 5.92. The lowest BCUT2D eigenvalue weighted by Gasteiger charge is -2.44. The average molecular weight is 583 g/mol. The number of likely N-dealkylation sites (N-methyl/N-ethyl adjacent to an activating group) is 1. The minimum atomic E-state index is 0.0143. The number of benzene rings is 3. The highest BCUT2D eigenvalue weighted by Crippen LogP contribution is 2.45. The molecular formula is C35H42N4O4. The summed E-state index contributed by atoms with van der Waals surface area (Å²) in [6, 6.07) is 23.2. The third kappa shape index (κ3) is 6.55. The second kappa shape index (κ2) is 13.2. The van der Waals surface area contributed by atoms with Crippen LogP contribution < -0.4 is 9.47 Å². The first-order valence-corrected chi connectivity index (χ1v) is 15.3. The summed E-state index contributed by atoms with van der Waals surface area (Å²) in [5.41, 5.74) is 7.01. The van der Waals surface area contributed by atoms with Crippen molar-refractivity contribution in [3.63, 3.8) is 0 Å². The van der Waals surface area contributed by atoms with E-state index in [0.29, 0.717) is 18.1 Å². The zero-order valence-corrected chi connectivity index (χ0v) is 25.5. The van der Waals surface area contributed by atoms with E-state index in [9.17, 15) is 4.79 Å². The van der Waals surface area contributed by atoms with Gasteiger partial charge in [0.25, 0.3) is 5.91 Å². The standard InChI is InChI=1S/C35H42N4O4/c1-25-8-7-11-27(20-25)30-22-39-15-14-29-28(32(39)21-31(30)36-43-23-26-9-5-4-6-10-26)12-13-33(41-3)35(29)42-24-34(40)38-18-16-37(2)17-19-38/h4-13,20,30,32H,14-19,21-24H2,1-3H3/t30-,32+/m1/s1. The Hall–Kier alpha value is -3.88. The number of fused-ring (bicyclic) bond motifs is 3. The fourth-order valence-electron chi connectivity index (χ4n) is 6.59. The van der Waals surface area contributed by atoms with Crippen LogP contribution in [-0.4, -0.2) is 86.4 Å². The SMILES string of the molecule is COc1ccc2c(c1OCC(=O)N1CCN(C)CC1)CCN1C[C@H](c3cccc(C)c3)C(=NOCc3ccccc3)C[C@@H]21. The predicted molar refractivity (Wildman–Crippen MR) is 168 cm³/mol. The van der Waals surface area contributed by atoms with Crippen molar-refractivity contribution >= 4 is 11.6 Å². The molecule has 0 radical (unpaired) electrons. The molecule has 6 rings (SSSR count). The van der Waals surface area contributed by atoms with Gasteiger partial charge in [0.2, 0.25) is 0 Å². The Balaban J connectivity index is 1.25. The number of oxime groups is 1. The van der Waals surface area contributed by atoms with Gasteiger partial charge in [0.05, 0.1) is 12.8 Å². The molecule has 0 spiro atoms. The second-order valence-electron chi connectivity index (χ2n) is 11.9. The first kappa shape index (κ1) is 29.2. The maximum atomic E-state index is 13.0. The van der Waals surface area contributed by atoms with Gasteiger partial charge in [0.1, 0.15) is 6.61 Å². The molecule has 3 aromatic rings. The van der Waals surface area contributed by atoms with Gasteiger partial charge in [-0.15, -0.1) is 0 Å². The lowest BCUT2D eigenvalue weighted by atomic mass is 9.79. The molecular weight excluding hydrogens is 540 g/mol. The van der Waals surface area contributed by atoms with E-state index in [1.807, 2.05) is 29.2 Å². The van der Waals surface area contributed by atoms with E-state index < -0.39 is 0 Å². The summed E-state index contributed by atoms with van der Waals surface area (Å²) in [6.45, 7) is 7.59. The van der Waals surface area contributed by atoms with Crippen LogP contribution in [0.4, 0.5) is 0 Å². The number of methoxy groups -OCH3 is 1. The van der Waals surface area contributed by atoms with Crippen LogP contribution in [0, 0.1) is 6.92 Å². The van der Waals surface area contributed by atoms with Crippen molar-refractivity contribution in [3.05, 3.63) is 94.5 Å². The number of piperazine rings is 1. The molecule has 3 aromatic carbocycles. The van der Waals surface area contributed by atoms with Crippen LogP contribution in [0.3, 0.4) is 0 Å². The van der Waals surface area contributed by atoms with Gasteiger partial charge in [-0.25, -0.2) is 0 Å². The molecule has 0 aliphatic carbocycles. The summed E-state index contributed by atoms with van der Waals surface area (Å²) in [4.78, 5) is 25.7. The van der Waals surface area contributed by atoms with E-state index in [2.05, 4.69) is 66.2 Å². The van der Waals surface area contributed by atoms with Crippen molar-refractivity contribution in [2.75, 3.05) is 60.0 Å². The lowest BCUT2D eigenvalue weighted by molar-refractivity contribution is -0.134. The van der Waals surface area contributed by atoms with Gasteiger partial charge in [-0.3, -0.25) is 9.69 Å². The summed E-state index contributed by atoms with van der Waals surface area (Å²) in [7, 11) is 3.75. The van der Waals surface area contributed by atoms with Gasteiger partial charge in [-0.05, 0) is 43.1 Å². The molecule has 3 heterocycles. The van der Waals surface area contributed by atoms with Crippen LogP contribution in [0.1, 0.15) is 46.2 Å². The van der Waals surface area contributed by atoms with Crippen LogP contribution in [0.2, 0.25) is 0 Å². The minimum absolute atomic E-state index is 0.0143. The molecule has 226 valence electrons. The van der Waals surface area contributed by atoms with E-state index in [1.54, 1.807) is 7.11 Å². The highest BCUT2D eigenvalue weighted by Gasteiger charge is 2.39. The maximum Gasteiger partial charge on any atom is 0.260 e. The fraction of sp³-hybridized carbons (Fsp3) is 0.429. The summed E-state index contributed by atoms with van der Waals surface area (Å²) < 4.78 is 12.0. The molecule has 0 bridgehead atoms. The summed E-state index contributed by atoms with van der Waals surface area (Å²) >= 11 is 0. The number of rotatable bonds is 8. The van der Waals surface area contributed by atoms with Crippen molar-refractivity contribution < 1.29 is 19.1 Å². The first-order chi connectivity index (χ1) is 21.0. The minimum Gasteiger partial charge on any atom is -0.493 e. The summed E-state index contributed by atoms with van der Waals surface area (Å²) in [5.74, 6) is 1.55. The molecule has 2 atom stereocenters. The van der Waals surface area contributed by atoms with Crippen LogP contribution in [0.25, 0.3) is 0 Å². The topological polar surface area (TPSA) is 66.8 Å². The average Bonchev–Trinajstić information content (AvgIpc) is 3.03. The number of aryl methyl sites for hydroxylation is 1. The molecule has 2 fully saturated rings. The normalized spacial score (nSPS) is 21.7. The third-order valence-electron chi connectivity index (χ3n) is 9.05. The lowest BCUT2D eigenvalue weighted by Crippen LogP contribution is -2.48. The monoisotopic (exact) mass is 582 g/mol. The highest BCUT2D eigenvalue weighted by atomic mass is 16.6. The first-order valence-electron chi connectivity index (χ1n) is 15.3. The molecule has 0 unspecified atom stereocenters. The van der Waals surface area contributed by atoms with Gasteiger partial charge in [0.15, 0.2) is 18.1 Å². The Morgan fingerprint density at radius 1 is 0.977 bits per heavy atom. The molecule has 0 aromatic heterocycles. The van der Waals surface area contributed by atoms with Gasteiger partial charge in [-0.2, -0.15) is 0 Å². The van der Waals surface area contributed by atoms with E-state index in [-0.39, 0.29) is 24.5 Å². The number of carbonyl (C=O) groups is 1. The molecule has 43 heavy (non-hydrogen) atoms. The largest absolute Gasteiger partial charge is 0.493 e. The van der Waals surface area contributed by atoms with Crippen LogP contribution >= 0.6 is 0 Å². The number of nitrogens with zero attached hydrogens (tertiary/aromatic N) is 4. The van der Waals surface area contributed by atoms with Crippen LogP contribution in [-0.2, 0) is 22.7 Å². The fourth-order valence-corrected chi connectivity index (χ4v) is 6.59. The van der Waals surface area contributed by atoms with Crippen molar-refractivity contribution in [1.82, 2.24) is 14.7 Å². The Morgan fingerprint density at radius 3 is 2.56 bits per heavy atom. The number of carbonyl (C=O) groups excluding carboxylic acids is 1. The second-order valence-corrected chi connectivity index (χ2v) is 11.9. The maximum absolute atomic E-state index is 13.0. The van der Waals surface area contributed by atoms with Crippen LogP contribution in [0.15, 0.2) is 71.9 Å². The molecule has 3 aliphatic rings. The Morgan fingerprint density at radius 2 is 1.79 bits per heavy atom. The van der Waals surface area contributed by atoms with E-state index in [0.717, 1.165) is 68.9 Å². The van der Waals surface area contributed by atoms with Gasteiger partial charge in [-0.1, -0.05) is 71.4 Å². The molecule has 8 heteroatoms. The summed E-state index contributed by atoms with van der Waals surface area (Å²) in [5, 5.41) is 4.78. The zero-order valence-electron chi connectivity index (χ0n) is 25.5. The van der Waals surface area contributed by atoms with Crippen molar-refractivity contribution in [2.24, 2.45) is 5.16 Å². The van der Waals surface area contributed by atoms with Crippen molar-refractivity contribution in [2.45, 2.75) is 38.3 Å². The molecule has 1 amide bonds. The van der Waals surface area contributed by atoms with E-state index >= 15 is 0 Å². The van der Waals surface area contributed by atoms with Gasteiger partial charge >= 0.3 is 0 Å². The molecule has 8 nitrogen and oxygen atoms in total. The van der Waals surface area contributed by atoms with Crippen molar-refractivity contribution in [1.29, 1.82) is 0 Å². The molecule has 0 saturated carbocycles. The Kier molecular flexibility index (Phi) is 8.95. The molecule has 0 N–H and O–H groups in total. The van der Waals surface area contributed by atoms with E-state index in [1.165, 1.54) is 16.7 Å². The van der Waals surface area contributed by atoms with Gasteiger partial charge in [0, 0.05) is 63.2 Å². The number of ether oxygens (including phenoxy) is 2. The Labute approximate surface area is 254 Å².